The molecule has 0 aromatic heterocycles. The number of nitrogens with one attached hydrogen (secondary N) is 2. The van der Waals surface area contributed by atoms with Crippen molar-refractivity contribution in [1.82, 2.24) is 5.32 Å². The number of anilines is 1. The van der Waals surface area contributed by atoms with E-state index in [-0.39, 0.29) is 17.2 Å². The van der Waals surface area contributed by atoms with Crippen LogP contribution < -0.4 is 15.4 Å². The zero-order chi connectivity index (χ0) is 22.4. The van der Waals surface area contributed by atoms with E-state index in [0.29, 0.717) is 21.3 Å². The Kier molecular flexibility index (Phi) is 7.36. The van der Waals surface area contributed by atoms with Crippen LogP contribution in [-0.2, 0) is 0 Å². The van der Waals surface area contributed by atoms with Gasteiger partial charge in [-0.3, -0.25) is 9.59 Å². The number of rotatable bonds is 7. The highest BCUT2D eigenvalue weighted by Gasteiger charge is 2.18. The predicted molar refractivity (Wildman–Crippen MR) is 117 cm³/mol. The maximum absolute atomic E-state index is 12.9. The third kappa shape index (κ3) is 5.88. The van der Waals surface area contributed by atoms with Crippen LogP contribution in [0.2, 0.25) is 0 Å². The molecule has 0 aliphatic carbocycles. The van der Waals surface area contributed by atoms with E-state index in [9.17, 15) is 18.4 Å². The molecule has 0 spiro atoms. The van der Waals surface area contributed by atoms with Crippen molar-refractivity contribution in [2.45, 2.75) is 19.6 Å². The maximum atomic E-state index is 12.9. The molecule has 0 heterocycles. The Balaban J connectivity index is 1.75. The van der Waals surface area contributed by atoms with Crippen LogP contribution in [0.1, 0.15) is 39.2 Å². The highest BCUT2D eigenvalue weighted by molar-refractivity contribution is 9.10. The maximum Gasteiger partial charge on any atom is 0.387 e. The van der Waals surface area contributed by atoms with Crippen molar-refractivity contribution in [3.63, 3.8) is 0 Å². The molecular weight excluding hydrogens is 470 g/mol. The smallest absolute Gasteiger partial charge is 0.387 e. The van der Waals surface area contributed by atoms with Gasteiger partial charge in [-0.05, 0) is 64.8 Å². The Morgan fingerprint density at radius 2 is 1.58 bits per heavy atom. The second-order valence-electron chi connectivity index (χ2n) is 6.63. The summed E-state index contributed by atoms with van der Waals surface area (Å²) in [6, 6.07) is 19.2. The van der Waals surface area contributed by atoms with Gasteiger partial charge in [0.25, 0.3) is 11.8 Å². The second-order valence-corrected chi connectivity index (χ2v) is 7.48. The molecule has 0 saturated heterocycles. The average Bonchev–Trinajstić information content (AvgIpc) is 2.74. The fourth-order valence-electron chi connectivity index (χ4n) is 2.94. The summed E-state index contributed by atoms with van der Waals surface area (Å²) in [6.45, 7) is -1.21. The fourth-order valence-corrected chi connectivity index (χ4v) is 3.41. The molecule has 8 heteroatoms. The number of alkyl halides is 2. The number of ether oxygens (including phenoxy) is 1. The summed E-state index contributed by atoms with van der Waals surface area (Å²) >= 11 is 3.34. The molecule has 5 nitrogen and oxygen atoms in total. The number of halogens is 3. The molecule has 0 aliphatic rings. The van der Waals surface area contributed by atoms with E-state index in [1.165, 1.54) is 12.1 Å². The summed E-state index contributed by atoms with van der Waals surface area (Å²) in [5.41, 5.74) is 1.65. The molecule has 2 N–H and O–H groups in total. The van der Waals surface area contributed by atoms with Gasteiger partial charge in [-0.25, -0.2) is 0 Å². The zero-order valence-corrected chi connectivity index (χ0v) is 18.0. The van der Waals surface area contributed by atoms with E-state index in [4.69, 9.17) is 0 Å². The predicted octanol–water partition coefficient (Wildman–Crippen LogP) is 5.79. The van der Waals surface area contributed by atoms with Gasteiger partial charge in [0.15, 0.2) is 0 Å². The minimum atomic E-state index is -2.93. The van der Waals surface area contributed by atoms with Gasteiger partial charge in [0.05, 0.1) is 22.9 Å². The summed E-state index contributed by atoms with van der Waals surface area (Å²) in [7, 11) is 0. The summed E-state index contributed by atoms with van der Waals surface area (Å²) in [5, 5.41) is 5.57. The van der Waals surface area contributed by atoms with Crippen LogP contribution in [0.4, 0.5) is 14.5 Å². The quantitative estimate of drug-likeness (QED) is 0.441. The topological polar surface area (TPSA) is 67.4 Å². The van der Waals surface area contributed by atoms with Crippen LogP contribution in [0, 0.1) is 0 Å². The van der Waals surface area contributed by atoms with Gasteiger partial charge in [0.2, 0.25) is 0 Å². The molecule has 160 valence electrons. The van der Waals surface area contributed by atoms with E-state index in [0.717, 1.165) is 0 Å². The molecule has 1 atom stereocenters. The SMILES string of the molecule is CC(NC(=O)c1ccccc1NC(=O)c1ccccc1Br)c1cccc(OC(F)F)c1. The normalized spacial score (nSPS) is 11.6. The van der Waals surface area contributed by atoms with Crippen LogP contribution in [0.5, 0.6) is 5.75 Å². The van der Waals surface area contributed by atoms with Gasteiger partial charge in [0, 0.05) is 4.47 Å². The van der Waals surface area contributed by atoms with Crippen LogP contribution in [0.15, 0.2) is 77.3 Å². The first kappa shape index (κ1) is 22.4. The number of carbonyl (C=O) groups excluding carboxylic acids is 2. The first-order chi connectivity index (χ1) is 14.8. The molecule has 0 fully saturated rings. The molecule has 0 radical (unpaired) electrons. The number of carbonyl (C=O) groups is 2. The van der Waals surface area contributed by atoms with Gasteiger partial charge < -0.3 is 15.4 Å². The van der Waals surface area contributed by atoms with Crippen molar-refractivity contribution in [3.05, 3.63) is 94.0 Å². The lowest BCUT2D eigenvalue weighted by atomic mass is 10.1. The standard InChI is InChI=1S/C23H19BrF2N2O3/c1-14(15-7-6-8-16(13-15)31-23(25)26)27-22(30)18-10-3-5-12-20(18)28-21(29)17-9-2-4-11-19(17)24/h2-14,23H,1H3,(H,27,30)(H,28,29). The summed E-state index contributed by atoms with van der Waals surface area (Å²) in [5.74, 6) is -0.775. The lowest BCUT2D eigenvalue weighted by Gasteiger charge is -2.17. The molecule has 0 bridgehead atoms. The second kappa shape index (κ2) is 10.2. The van der Waals surface area contributed by atoms with Gasteiger partial charge in [-0.1, -0.05) is 36.4 Å². The van der Waals surface area contributed by atoms with Crippen molar-refractivity contribution in [1.29, 1.82) is 0 Å². The lowest BCUT2D eigenvalue weighted by molar-refractivity contribution is -0.0499. The minimum Gasteiger partial charge on any atom is -0.435 e. The average molecular weight is 489 g/mol. The molecule has 0 aliphatic heterocycles. The van der Waals surface area contributed by atoms with E-state index in [1.54, 1.807) is 67.6 Å². The number of hydrogen-bond acceptors (Lipinski definition) is 3. The van der Waals surface area contributed by atoms with Crippen molar-refractivity contribution in [2.24, 2.45) is 0 Å². The number of amides is 2. The molecule has 3 rings (SSSR count). The van der Waals surface area contributed by atoms with E-state index in [1.807, 2.05) is 0 Å². The van der Waals surface area contributed by atoms with Crippen LogP contribution in [-0.4, -0.2) is 18.4 Å². The van der Waals surface area contributed by atoms with Gasteiger partial charge in [-0.15, -0.1) is 0 Å². The van der Waals surface area contributed by atoms with Crippen molar-refractivity contribution < 1.29 is 23.1 Å². The molecular formula is C23H19BrF2N2O3. The Morgan fingerprint density at radius 1 is 0.903 bits per heavy atom. The fraction of sp³-hybridized carbons (Fsp3) is 0.130. The number of hydrogen-bond donors (Lipinski definition) is 2. The van der Waals surface area contributed by atoms with E-state index in [2.05, 4.69) is 31.3 Å². The third-order valence-electron chi connectivity index (χ3n) is 4.47. The number of benzene rings is 3. The summed E-state index contributed by atoms with van der Waals surface area (Å²) < 4.78 is 29.9. The largest absolute Gasteiger partial charge is 0.435 e. The molecule has 3 aromatic carbocycles. The first-order valence-corrected chi connectivity index (χ1v) is 10.1. The molecule has 31 heavy (non-hydrogen) atoms. The monoisotopic (exact) mass is 488 g/mol. The number of para-hydroxylation sites is 1. The Morgan fingerprint density at radius 3 is 2.29 bits per heavy atom. The van der Waals surface area contributed by atoms with E-state index >= 15 is 0 Å². The van der Waals surface area contributed by atoms with Crippen LogP contribution >= 0.6 is 15.9 Å². The van der Waals surface area contributed by atoms with Gasteiger partial charge in [0.1, 0.15) is 5.75 Å². The van der Waals surface area contributed by atoms with Crippen molar-refractivity contribution in [3.8, 4) is 5.75 Å². The zero-order valence-electron chi connectivity index (χ0n) is 16.4. The van der Waals surface area contributed by atoms with Gasteiger partial charge in [-0.2, -0.15) is 8.78 Å². The van der Waals surface area contributed by atoms with Crippen molar-refractivity contribution >= 4 is 33.4 Å². The van der Waals surface area contributed by atoms with Crippen LogP contribution in [0.25, 0.3) is 0 Å². The Bertz CT molecular complexity index is 1090. The minimum absolute atomic E-state index is 0.00898. The molecule has 3 aromatic rings. The molecule has 0 saturated carbocycles. The van der Waals surface area contributed by atoms with Gasteiger partial charge >= 0.3 is 6.61 Å². The Hall–Kier alpha value is -3.26. The third-order valence-corrected chi connectivity index (χ3v) is 5.16. The Labute approximate surface area is 186 Å². The molecule has 1 unspecified atom stereocenters. The summed E-state index contributed by atoms with van der Waals surface area (Å²) in [4.78, 5) is 25.5. The van der Waals surface area contributed by atoms with Crippen molar-refractivity contribution in [2.75, 3.05) is 5.32 Å². The first-order valence-electron chi connectivity index (χ1n) is 9.35. The summed E-state index contributed by atoms with van der Waals surface area (Å²) in [6.07, 6.45) is 0. The highest BCUT2D eigenvalue weighted by atomic mass is 79.9. The molecule has 2 amide bonds. The van der Waals surface area contributed by atoms with E-state index < -0.39 is 18.6 Å². The highest BCUT2D eigenvalue weighted by Crippen LogP contribution is 2.23. The van der Waals surface area contributed by atoms with Crippen LogP contribution in [0.3, 0.4) is 0 Å². The lowest BCUT2D eigenvalue weighted by Crippen LogP contribution is -2.28.